The summed E-state index contributed by atoms with van der Waals surface area (Å²) in [5.41, 5.74) is 0. The number of oxime groups is 1. The lowest BCUT2D eigenvalue weighted by molar-refractivity contribution is -0.908. The molecule has 0 aromatic rings. The summed E-state index contributed by atoms with van der Waals surface area (Å²) in [5.74, 6) is -0.352. The first kappa shape index (κ1) is 11.9. The van der Waals surface area contributed by atoms with Crippen molar-refractivity contribution in [1.82, 2.24) is 5.32 Å². The van der Waals surface area contributed by atoms with Crippen molar-refractivity contribution in [3.63, 3.8) is 0 Å². The molecule has 0 aliphatic carbocycles. The van der Waals surface area contributed by atoms with Crippen LogP contribution in [0.4, 0.5) is 0 Å². The Morgan fingerprint density at radius 3 is 2.93 bits per heavy atom. The summed E-state index contributed by atoms with van der Waals surface area (Å²) in [5, 5.41) is 13.4. The number of hydrogen-bond donors (Lipinski definition) is 3. The van der Waals surface area contributed by atoms with Crippen LogP contribution in [0.15, 0.2) is 5.16 Å². The topological polar surface area (TPSA) is 75.4 Å². The van der Waals surface area contributed by atoms with Crippen molar-refractivity contribution in [2.75, 3.05) is 39.4 Å². The SMILES string of the molecule is O=C(/C=N/O)NCCC[NH+]1CCOCC1. The van der Waals surface area contributed by atoms with E-state index in [0.29, 0.717) is 6.54 Å². The number of morpholine rings is 1. The molecule has 0 atom stereocenters. The van der Waals surface area contributed by atoms with Gasteiger partial charge in [-0.1, -0.05) is 5.16 Å². The van der Waals surface area contributed by atoms with Crippen LogP contribution in [0.5, 0.6) is 0 Å². The zero-order chi connectivity index (χ0) is 10.9. The van der Waals surface area contributed by atoms with E-state index < -0.39 is 0 Å². The maximum atomic E-state index is 10.8. The zero-order valence-corrected chi connectivity index (χ0v) is 8.74. The minimum absolute atomic E-state index is 0.352. The number of quaternary nitrogens is 1. The summed E-state index contributed by atoms with van der Waals surface area (Å²) < 4.78 is 5.24. The van der Waals surface area contributed by atoms with Crippen LogP contribution >= 0.6 is 0 Å². The van der Waals surface area contributed by atoms with Crippen LogP contribution in [0.3, 0.4) is 0 Å². The monoisotopic (exact) mass is 216 g/mol. The van der Waals surface area contributed by atoms with E-state index in [1.165, 1.54) is 4.90 Å². The molecular weight excluding hydrogens is 198 g/mol. The van der Waals surface area contributed by atoms with Gasteiger partial charge in [-0.05, 0) is 0 Å². The summed E-state index contributed by atoms with van der Waals surface area (Å²) in [4.78, 5) is 12.4. The van der Waals surface area contributed by atoms with Crippen LogP contribution in [0.1, 0.15) is 6.42 Å². The van der Waals surface area contributed by atoms with Gasteiger partial charge in [0.1, 0.15) is 19.3 Å². The zero-order valence-electron chi connectivity index (χ0n) is 8.74. The second-order valence-electron chi connectivity index (χ2n) is 3.50. The van der Waals surface area contributed by atoms with Gasteiger partial charge in [0.05, 0.1) is 19.8 Å². The van der Waals surface area contributed by atoms with Crippen molar-refractivity contribution >= 4 is 12.1 Å². The molecule has 86 valence electrons. The number of rotatable bonds is 5. The molecule has 0 bridgehead atoms. The first-order valence-corrected chi connectivity index (χ1v) is 5.19. The smallest absolute Gasteiger partial charge is 0.265 e. The fraction of sp³-hybridized carbons (Fsp3) is 0.778. The molecule has 0 spiro atoms. The molecular formula is C9H18N3O3+. The number of ether oxygens (including phenoxy) is 1. The van der Waals surface area contributed by atoms with E-state index in [0.717, 1.165) is 45.5 Å². The number of carbonyl (C=O) groups is 1. The normalized spacial score (nSPS) is 18.1. The number of hydrogen-bond acceptors (Lipinski definition) is 4. The number of nitrogens with one attached hydrogen (secondary N) is 2. The molecule has 1 aliphatic heterocycles. The maximum absolute atomic E-state index is 10.8. The van der Waals surface area contributed by atoms with E-state index in [1.54, 1.807) is 0 Å². The third-order valence-corrected chi connectivity index (χ3v) is 2.38. The molecule has 0 radical (unpaired) electrons. The first-order valence-electron chi connectivity index (χ1n) is 5.19. The van der Waals surface area contributed by atoms with Crippen LogP contribution in [-0.2, 0) is 9.53 Å². The fourth-order valence-electron chi connectivity index (χ4n) is 1.56. The summed E-state index contributed by atoms with van der Waals surface area (Å²) in [6, 6.07) is 0. The van der Waals surface area contributed by atoms with Crippen LogP contribution in [0, 0.1) is 0 Å². The van der Waals surface area contributed by atoms with Crippen molar-refractivity contribution in [1.29, 1.82) is 0 Å². The molecule has 6 nitrogen and oxygen atoms in total. The summed E-state index contributed by atoms with van der Waals surface area (Å²) in [6.07, 6.45) is 1.79. The average molecular weight is 216 g/mol. The van der Waals surface area contributed by atoms with Gasteiger partial charge in [0.2, 0.25) is 0 Å². The second-order valence-corrected chi connectivity index (χ2v) is 3.50. The van der Waals surface area contributed by atoms with Crippen LogP contribution < -0.4 is 10.2 Å². The van der Waals surface area contributed by atoms with Crippen LogP contribution in [-0.4, -0.2) is 56.7 Å². The molecule has 1 fully saturated rings. The average Bonchev–Trinajstić information content (AvgIpc) is 2.26. The number of carbonyl (C=O) groups excluding carboxylic acids is 1. The van der Waals surface area contributed by atoms with Gasteiger partial charge in [-0.15, -0.1) is 0 Å². The van der Waals surface area contributed by atoms with Gasteiger partial charge < -0.3 is 20.2 Å². The molecule has 15 heavy (non-hydrogen) atoms. The van der Waals surface area contributed by atoms with Crippen molar-refractivity contribution in [2.45, 2.75) is 6.42 Å². The van der Waals surface area contributed by atoms with Gasteiger partial charge in [0.25, 0.3) is 5.91 Å². The van der Waals surface area contributed by atoms with Crippen LogP contribution in [0.25, 0.3) is 0 Å². The number of nitrogens with zero attached hydrogens (tertiary/aromatic N) is 1. The van der Waals surface area contributed by atoms with Gasteiger partial charge in [0.15, 0.2) is 0 Å². The van der Waals surface area contributed by atoms with Gasteiger partial charge in [-0.3, -0.25) is 4.79 Å². The van der Waals surface area contributed by atoms with E-state index in [1.807, 2.05) is 0 Å². The highest BCUT2D eigenvalue weighted by Crippen LogP contribution is 1.77. The van der Waals surface area contributed by atoms with Gasteiger partial charge in [-0.2, -0.15) is 0 Å². The number of amides is 1. The largest absolute Gasteiger partial charge is 0.411 e. The molecule has 1 aliphatic rings. The van der Waals surface area contributed by atoms with Gasteiger partial charge in [-0.25, -0.2) is 0 Å². The van der Waals surface area contributed by atoms with E-state index in [4.69, 9.17) is 9.94 Å². The summed E-state index contributed by atoms with van der Waals surface area (Å²) in [6.45, 7) is 5.42. The standard InChI is InChI=1S/C9H17N3O3/c13-9(8-11-14)10-2-1-3-12-4-6-15-7-5-12/h8,14H,1-7H2,(H,10,13)/p+1/b11-8+. The van der Waals surface area contributed by atoms with Crippen molar-refractivity contribution < 1.29 is 19.6 Å². The quantitative estimate of drug-likeness (QED) is 0.213. The van der Waals surface area contributed by atoms with E-state index in [2.05, 4.69) is 10.5 Å². The van der Waals surface area contributed by atoms with E-state index in [-0.39, 0.29) is 5.91 Å². The Kier molecular flexibility index (Phi) is 5.72. The highest BCUT2D eigenvalue weighted by Gasteiger charge is 2.12. The van der Waals surface area contributed by atoms with E-state index >= 15 is 0 Å². The summed E-state index contributed by atoms with van der Waals surface area (Å²) in [7, 11) is 0. The van der Waals surface area contributed by atoms with Gasteiger partial charge >= 0.3 is 0 Å². The maximum Gasteiger partial charge on any atom is 0.265 e. The second kappa shape index (κ2) is 7.19. The minimum Gasteiger partial charge on any atom is -0.411 e. The molecule has 6 heteroatoms. The highest BCUT2D eigenvalue weighted by molar-refractivity contribution is 6.25. The van der Waals surface area contributed by atoms with E-state index in [9.17, 15) is 4.79 Å². The minimum atomic E-state index is -0.352. The molecule has 0 aromatic heterocycles. The molecule has 1 rings (SSSR count). The lowest BCUT2D eigenvalue weighted by Crippen LogP contribution is -3.14. The predicted octanol–water partition coefficient (Wildman–Crippen LogP) is -2.13. The van der Waals surface area contributed by atoms with Crippen molar-refractivity contribution in [3.05, 3.63) is 0 Å². The molecule has 1 heterocycles. The Balaban J connectivity index is 1.98. The van der Waals surface area contributed by atoms with Crippen LogP contribution in [0.2, 0.25) is 0 Å². The first-order chi connectivity index (χ1) is 7.33. The Bertz CT molecular complexity index is 215. The predicted molar refractivity (Wildman–Crippen MR) is 54.3 cm³/mol. The third kappa shape index (κ3) is 5.34. The highest BCUT2D eigenvalue weighted by atomic mass is 16.5. The Hall–Kier alpha value is -1.14. The fourth-order valence-corrected chi connectivity index (χ4v) is 1.56. The molecule has 0 saturated carbocycles. The molecule has 1 amide bonds. The molecule has 0 unspecified atom stereocenters. The molecule has 3 N–H and O–H groups in total. The molecule has 0 aromatic carbocycles. The third-order valence-electron chi connectivity index (χ3n) is 2.38. The Labute approximate surface area is 88.9 Å². The lowest BCUT2D eigenvalue weighted by Gasteiger charge is -2.23. The van der Waals surface area contributed by atoms with Crippen molar-refractivity contribution in [3.8, 4) is 0 Å². The Morgan fingerprint density at radius 2 is 2.27 bits per heavy atom. The summed E-state index contributed by atoms with van der Waals surface area (Å²) >= 11 is 0. The van der Waals surface area contributed by atoms with Gasteiger partial charge in [0, 0.05) is 13.0 Å². The van der Waals surface area contributed by atoms with Crippen molar-refractivity contribution in [2.24, 2.45) is 5.16 Å². The lowest BCUT2D eigenvalue weighted by atomic mass is 10.3. The molecule has 1 saturated heterocycles. The Morgan fingerprint density at radius 1 is 1.53 bits per heavy atom.